The van der Waals surface area contributed by atoms with Crippen LogP contribution >= 0.6 is 0 Å². The number of allylic oxidation sites excluding steroid dienone is 2. The molecular formula is C24H35F3O2. The van der Waals surface area contributed by atoms with Crippen molar-refractivity contribution >= 4 is 5.97 Å². The Morgan fingerprint density at radius 3 is 2.14 bits per heavy atom. The molecule has 1 atom stereocenters. The molecule has 0 aliphatic heterocycles. The quantitative estimate of drug-likeness (QED) is 0.199. The summed E-state index contributed by atoms with van der Waals surface area (Å²) >= 11 is 0. The molecule has 0 heterocycles. The van der Waals surface area contributed by atoms with Gasteiger partial charge in [0.25, 0.3) is 0 Å². The van der Waals surface area contributed by atoms with Gasteiger partial charge in [0, 0.05) is 0 Å². The second kappa shape index (κ2) is 12.7. The van der Waals surface area contributed by atoms with Gasteiger partial charge in [0.05, 0.1) is 5.92 Å². The summed E-state index contributed by atoms with van der Waals surface area (Å²) in [6.45, 7) is 7.92. The molecule has 0 fully saturated rings. The Labute approximate surface area is 173 Å². The normalized spacial score (nSPS) is 13.6. The third-order valence-corrected chi connectivity index (χ3v) is 4.85. The standard InChI is InChI=1S/C24H35F3O2/c1-5-6-7-8-9-10-11-12-22(24(25,26)27)29-23(28)19(4)21-15-13-20(14-16-21)17-18(2)3/h12-16,18-19H,5-11,17H2,1-4H3/b22-12+. The van der Waals surface area contributed by atoms with Crippen LogP contribution in [0.15, 0.2) is 36.1 Å². The summed E-state index contributed by atoms with van der Waals surface area (Å²) in [4.78, 5) is 12.3. The van der Waals surface area contributed by atoms with E-state index in [9.17, 15) is 18.0 Å². The highest BCUT2D eigenvalue weighted by Gasteiger charge is 2.38. The van der Waals surface area contributed by atoms with E-state index in [1.54, 1.807) is 19.1 Å². The summed E-state index contributed by atoms with van der Waals surface area (Å²) < 4.78 is 44.5. The monoisotopic (exact) mass is 412 g/mol. The molecule has 0 saturated carbocycles. The number of unbranched alkanes of at least 4 members (excludes halogenated alkanes) is 6. The molecular weight excluding hydrogens is 377 g/mol. The van der Waals surface area contributed by atoms with Crippen molar-refractivity contribution < 1.29 is 22.7 Å². The minimum atomic E-state index is -4.67. The number of carbonyl (C=O) groups excluding carboxylic acids is 1. The number of esters is 1. The average molecular weight is 413 g/mol. The van der Waals surface area contributed by atoms with E-state index < -0.39 is 23.8 Å². The molecule has 0 bridgehead atoms. The molecule has 0 aliphatic rings. The number of hydrogen-bond donors (Lipinski definition) is 0. The number of carbonyl (C=O) groups is 1. The number of benzene rings is 1. The van der Waals surface area contributed by atoms with Crippen molar-refractivity contribution in [2.24, 2.45) is 5.92 Å². The maximum atomic E-state index is 13.3. The molecule has 0 N–H and O–H groups in total. The number of ether oxygens (including phenoxy) is 1. The second-order valence-corrected chi connectivity index (χ2v) is 8.10. The number of hydrogen-bond acceptors (Lipinski definition) is 2. The van der Waals surface area contributed by atoms with Gasteiger partial charge in [-0.1, -0.05) is 77.1 Å². The van der Waals surface area contributed by atoms with Gasteiger partial charge in [0.2, 0.25) is 5.76 Å². The fourth-order valence-electron chi connectivity index (χ4n) is 3.12. The molecule has 0 amide bonds. The summed E-state index contributed by atoms with van der Waals surface area (Å²) in [6.07, 6.45) is 3.47. The zero-order valence-electron chi connectivity index (χ0n) is 18.1. The molecule has 164 valence electrons. The lowest BCUT2D eigenvalue weighted by atomic mass is 9.97. The molecule has 0 radical (unpaired) electrons. The van der Waals surface area contributed by atoms with Crippen molar-refractivity contribution in [3.8, 4) is 0 Å². The van der Waals surface area contributed by atoms with E-state index >= 15 is 0 Å². The molecule has 0 saturated heterocycles. The first-order valence-electron chi connectivity index (χ1n) is 10.7. The van der Waals surface area contributed by atoms with Crippen molar-refractivity contribution in [2.45, 2.75) is 91.2 Å². The molecule has 1 unspecified atom stereocenters. The molecule has 1 aromatic rings. The van der Waals surface area contributed by atoms with Crippen LogP contribution in [0.3, 0.4) is 0 Å². The van der Waals surface area contributed by atoms with Gasteiger partial charge in [-0.05, 0) is 49.3 Å². The zero-order chi connectivity index (χ0) is 21.9. The Morgan fingerprint density at radius 2 is 1.59 bits per heavy atom. The van der Waals surface area contributed by atoms with E-state index in [0.29, 0.717) is 17.9 Å². The highest BCUT2D eigenvalue weighted by atomic mass is 19.4. The van der Waals surface area contributed by atoms with Gasteiger partial charge in [-0.15, -0.1) is 0 Å². The van der Waals surface area contributed by atoms with Gasteiger partial charge in [-0.2, -0.15) is 13.2 Å². The van der Waals surface area contributed by atoms with Crippen LogP contribution < -0.4 is 0 Å². The molecule has 1 aromatic carbocycles. The Balaban J connectivity index is 2.66. The van der Waals surface area contributed by atoms with Gasteiger partial charge < -0.3 is 4.74 Å². The molecule has 0 aliphatic carbocycles. The lowest BCUT2D eigenvalue weighted by Crippen LogP contribution is -2.21. The highest BCUT2D eigenvalue weighted by molar-refractivity contribution is 5.78. The molecule has 5 heteroatoms. The van der Waals surface area contributed by atoms with Crippen LogP contribution in [0.2, 0.25) is 0 Å². The lowest BCUT2D eigenvalue weighted by Gasteiger charge is -2.16. The molecule has 0 spiro atoms. The summed E-state index contributed by atoms with van der Waals surface area (Å²) in [5, 5.41) is 0. The zero-order valence-corrected chi connectivity index (χ0v) is 18.1. The predicted molar refractivity (Wildman–Crippen MR) is 112 cm³/mol. The van der Waals surface area contributed by atoms with Crippen LogP contribution in [-0.4, -0.2) is 12.1 Å². The van der Waals surface area contributed by atoms with Crippen LogP contribution in [0.25, 0.3) is 0 Å². The van der Waals surface area contributed by atoms with Crippen LogP contribution in [-0.2, 0) is 16.0 Å². The topological polar surface area (TPSA) is 26.3 Å². The molecule has 1 rings (SSSR count). The number of rotatable bonds is 12. The fourth-order valence-corrected chi connectivity index (χ4v) is 3.12. The SMILES string of the molecule is CCCCCCCC/C=C(/OC(=O)C(C)c1ccc(CC(C)C)cc1)C(F)(F)F. The molecule has 0 aromatic heterocycles. The summed E-state index contributed by atoms with van der Waals surface area (Å²) in [6, 6.07) is 7.41. The first-order chi connectivity index (χ1) is 13.6. The van der Waals surface area contributed by atoms with Crippen molar-refractivity contribution in [1.29, 1.82) is 0 Å². The fraction of sp³-hybridized carbons (Fsp3) is 0.625. The first-order valence-corrected chi connectivity index (χ1v) is 10.7. The Hall–Kier alpha value is -1.78. The first kappa shape index (κ1) is 25.3. The minimum absolute atomic E-state index is 0.256. The van der Waals surface area contributed by atoms with Gasteiger partial charge in [0.1, 0.15) is 0 Å². The van der Waals surface area contributed by atoms with E-state index in [-0.39, 0.29) is 6.42 Å². The molecule has 2 nitrogen and oxygen atoms in total. The smallest absolute Gasteiger partial charge is 0.421 e. The van der Waals surface area contributed by atoms with Gasteiger partial charge >= 0.3 is 12.1 Å². The van der Waals surface area contributed by atoms with Gasteiger partial charge in [-0.3, -0.25) is 4.79 Å². The number of halogens is 3. The molecule has 29 heavy (non-hydrogen) atoms. The van der Waals surface area contributed by atoms with E-state index in [2.05, 4.69) is 20.8 Å². The van der Waals surface area contributed by atoms with Gasteiger partial charge in [-0.25, -0.2) is 0 Å². The van der Waals surface area contributed by atoms with E-state index in [1.807, 2.05) is 12.1 Å². The van der Waals surface area contributed by atoms with Crippen LogP contribution in [0.1, 0.15) is 89.7 Å². The van der Waals surface area contributed by atoms with E-state index in [0.717, 1.165) is 50.2 Å². The predicted octanol–water partition coefficient (Wildman–Crippen LogP) is 7.73. The minimum Gasteiger partial charge on any atom is -0.421 e. The Kier molecular flexibility index (Phi) is 11.1. The Morgan fingerprint density at radius 1 is 1.00 bits per heavy atom. The van der Waals surface area contributed by atoms with Crippen LogP contribution in [0.4, 0.5) is 13.2 Å². The van der Waals surface area contributed by atoms with Crippen molar-refractivity contribution in [1.82, 2.24) is 0 Å². The van der Waals surface area contributed by atoms with Crippen molar-refractivity contribution in [3.05, 3.63) is 47.2 Å². The maximum Gasteiger partial charge on any atom is 0.449 e. The third kappa shape index (κ3) is 10.00. The average Bonchev–Trinajstić information content (AvgIpc) is 2.65. The number of alkyl halides is 3. The van der Waals surface area contributed by atoms with Crippen LogP contribution in [0, 0.1) is 5.92 Å². The second-order valence-electron chi connectivity index (χ2n) is 8.10. The van der Waals surface area contributed by atoms with Crippen molar-refractivity contribution in [2.75, 3.05) is 0 Å². The highest BCUT2D eigenvalue weighted by Crippen LogP contribution is 2.30. The lowest BCUT2D eigenvalue weighted by molar-refractivity contribution is -0.161. The van der Waals surface area contributed by atoms with Crippen molar-refractivity contribution in [3.63, 3.8) is 0 Å². The van der Waals surface area contributed by atoms with Gasteiger partial charge in [0.15, 0.2) is 0 Å². The van der Waals surface area contributed by atoms with E-state index in [4.69, 9.17) is 4.74 Å². The van der Waals surface area contributed by atoms with E-state index in [1.165, 1.54) is 0 Å². The summed E-state index contributed by atoms with van der Waals surface area (Å²) in [7, 11) is 0. The largest absolute Gasteiger partial charge is 0.449 e. The summed E-state index contributed by atoms with van der Waals surface area (Å²) in [5.41, 5.74) is 1.79. The third-order valence-electron chi connectivity index (χ3n) is 4.85. The summed E-state index contributed by atoms with van der Waals surface area (Å²) in [5.74, 6) is -2.33. The Bertz CT molecular complexity index is 631. The maximum absolute atomic E-state index is 13.3. The van der Waals surface area contributed by atoms with Crippen LogP contribution in [0.5, 0.6) is 0 Å².